The summed E-state index contributed by atoms with van der Waals surface area (Å²) in [6, 6.07) is 10.3. The summed E-state index contributed by atoms with van der Waals surface area (Å²) in [6.45, 7) is 5.33. The second kappa shape index (κ2) is 10.9. The van der Waals surface area contributed by atoms with Crippen molar-refractivity contribution >= 4 is 10.0 Å². The minimum Gasteiger partial charge on any atom is -0.377 e. The van der Waals surface area contributed by atoms with Gasteiger partial charge < -0.3 is 10.1 Å². The van der Waals surface area contributed by atoms with E-state index in [1.165, 1.54) is 0 Å². The summed E-state index contributed by atoms with van der Waals surface area (Å²) in [5.74, 6) is 0.165. The fourth-order valence-corrected chi connectivity index (χ4v) is 4.63. The van der Waals surface area contributed by atoms with E-state index in [9.17, 15) is 8.42 Å². The Bertz CT molecular complexity index is 572. The predicted molar refractivity (Wildman–Crippen MR) is 102 cm³/mol. The van der Waals surface area contributed by atoms with Gasteiger partial charge in [-0.15, -0.1) is 0 Å². The molecule has 25 heavy (non-hydrogen) atoms. The Labute approximate surface area is 152 Å². The van der Waals surface area contributed by atoms with Crippen molar-refractivity contribution in [2.45, 2.75) is 51.7 Å². The zero-order chi connectivity index (χ0) is 18.0. The van der Waals surface area contributed by atoms with Crippen molar-refractivity contribution in [1.82, 2.24) is 9.62 Å². The molecular weight excluding hydrogens is 336 g/mol. The summed E-state index contributed by atoms with van der Waals surface area (Å²) < 4.78 is 32.7. The molecule has 1 aromatic carbocycles. The number of ether oxygens (including phenoxy) is 1. The molecule has 1 aromatic rings. The predicted octanol–water partition coefficient (Wildman–Crippen LogP) is 2.78. The highest BCUT2D eigenvalue weighted by atomic mass is 32.2. The lowest BCUT2D eigenvalue weighted by Gasteiger charge is -2.25. The van der Waals surface area contributed by atoms with Crippen LogP contribution in [0.2, 0.25) is 0 Å². The average Bonchev–Trinajstić information content (AvgIpc) is 3.12. The van der Waals surface area contributed by atoms with Gasteiger partial charge >= 0.3 is 0 Å². The van der Waals surface area contributed by atoms with Crippen LogP contribution in [-0.2, 0) is 21.4 Å². The number of rotatable bonds is 12. The first-order valence-electron chi connectivity index (χ1n) is 9.44. The van der Waals surface area contributed by atoms with E-state index in [0.717, 1.165) is 37.8 Å². The normalized spacial score (nSPS) is 18.1. The Morgan fingerprint density at radius 2 is 2.04 bits per heavy atom. The molecule has 0 aliphatic carbocycles. The zero-order valence-electron chi connectivity index (χ0n) is 15.3. The summed E-state index contributed by atoms with van der Waals surface area (Å²) in [6.07, 6.45) is 4.66. The van der Waals surface area contributed by atoms with Crippen molar-refractivity contribution in [3.8, 4) is 0 Å². The van der Waals surface area contributed by atoms with Gasteiger partial charge in [-0.1, -0.05) is 43.7 Å². The standard InChI is InChI=1S/C19H32N2O3S/c1-2-3-13-21(16-19-11-7-12-20-19)25(22,23)15-8-14-24-17-18-9-5-4-6-10-18/h4-6,9-10,19-20H,2-3,7-8,11-17H2,1H3. The first-order chi connectivity index (χ1) is 12.1. The van der Waals surface area contributed by atoms with Gasteiger partial charge in [-0.3, -0.25) is 0 Å². The van der Waals surface area contributed by atoms with E-state index in [0.29, 0.717) is 38.8 Å². The first kappa shape index (κ1) is 20.4. The van der Waals surface area contributed by atoms with Crippen molar-refractivity contribution < 1.29 is 13.2 Å². The van der Waals surface area contributed by atoms with Gasteiger partial charge in [0.05, 0.1) is 12.4 Å². The van der Waals surface area contributed by atoms with E-state index in [1.807, 2.05) is 30.3 Å². The Morgan fingerprint density at radius 1 is 1.24 bits per heavy atom. The summed E-state index contributed by atoms with van der Waals surface area (Å²) in [5, 5.41) is 3.40. The fourth-order valence-electron chi connectivity index (χ4n) is 3.07. The zero-order valence-corrected chi connectivity index (χ0v) is 16.1. The summed E-state index contributed by atoms with van der Waals surface area (Å²) in [5.41, 5.74) is 1.11. The van der Waals surface area contributed by atoms with Gasteiger partial charge in [0, 0.05) is 25.7 Å². The van der Waals surface area contributed by atoms with Crippen LogP contribution >= 0.6 is 0 Å². The number of hydrogen-bond acceptors (Lipinski definition) is 4. The SMILES string of the molecule is CCCCN(CC1CCCN1)S(=O)(=O)CCCOCc1ccccc1. The largest absolute Gasteiger partial charge is 0.377 e. The van der Waals surface area contributed by atoms with Crippen LogP contribution < -0.4 is 5.32 Å². The van der Waals surface area contributed by atoms with Crippen LogP contribution in [0.15, 0.2) is 30.3 Å². The summed E-state index contributed by atoms with van der Waals surface area (Å²) >= 11 is 0. The number of unbranched alkanes of at least 4 members (excludes halogenated alkanes) is 1. The monoisotopic (exact) mass is 368 g/mol. The molecule has 0 amide bonds. The highest BCUT2D eigenvalue weighted by Gasteiger charge is 2.26. The maximum absolute atomic E-state index is 12.7. The van der Waals surface area contributed by atoms with Crippen molar-refractivity contribution in [3.63, 3.8) is 0 Å². The van der Waals surface area contributed by atoms with Crippen molar-refractivity contribution in [2.75, 3.05) is 32.0 Å². The molecule has 0 spiro atoms. The molecule has 142 valence electrons. The lowest BCUT2D eigenvalue weighted by molar-refractivity contribution is 0.121. The number of benzene rings is 1. The Hall–Kier alpha value is -0.950. The van der Waals surface area contributed by atoms with Crippen LogP contribution in [0, 0.1) is 0 Å². The third-order valence-electron chi connectivity index (χ3n) is 4.54. The molecule has 5 nitrogen and oxygen atoms in total. The van der Waals surface area contributed by atoms with Crippen LogP contribution in [0.5, 0.6) is 0 Å². The second-order valence-electron chi connectivity index (χ2n) is 6.71. The molecule has 1 atom stereocenters. The maximum Gasteiger partial charge on any atom is 0.214 e. The Morgan fingerprint density at radius 3 is 2.72 bits per heavy atom. The van der Waals surface area contributed by atoms with E-state index in [2.05, 4.69) is 12.2 Å². The van der Waals surface area contributed by atoms with E-state index in [4.69, 9.17) is 4.74 Å². The molecule has 1 saturated heterocycles. The fraction of sp³-hybridized carbons (Fsp3) is 0.684. The van der Waals surface area contributed by atoms with Crippen LogP contribution in [0.25, 0.3) is 0 Å². The maximum atomic E-state index is 12.7. The second-order valence-corrected chi connectivity index (χ2v) is 8.80. The lowest BCUT2D eigenvalue weighted by Crippen LogP contribution is -2.42. The van der Waals surface area contributed by atoms with Crippen LogP contribution in [0.4, 0.5) is 0 Å². The number of hydrogen-bond donors (Lipinski definition) is 1. The highest BCUT2D eigenvalue weighted by molar-refractivity contribution is 7.89. The number of nitrogens with zero attached hydrogens (tertiary/aromatic N) is 1. The highest BCUT2D eigenvalue weighted by Crippen LogP contribution is 2.13. The molecule has 1 unspecified atom stereocenters. The molecule has 0 radical (unpaired) electrons. The molecule has 1 aliphatic heterocycles. The van der Waals surface area contributed by atoms with E-state index >= 15 is 0 Å². The Kier molecular flexibility index (Phi) is 8.89. The van der Waals surface area contributed by atoms with Crippen molar-refractivity contribution in [2.24, 2.45) is 0 Å². The number of nitrogens with one attached hydrogen (secondary N) is 1. The lowest BCUT2D eigenvalue weighted by atomic mass is 10.2. The van der Waals surface area contributed by atoms with Crippen molar-refractivity contribution in [1.29, 1.82) is 0 Å². The minimum atomic E-state index is -3.21. The van der Waals surface area contributed by atoms with Gasteiger partial charge in [0.2, 0.25) is 10.0 Å². The molecule has 1 heterocycles. The van der Waals surface area contributed by atoms with Crippen LogP contribution in [0.1, 0.15) is 44.6 Å². The molecule has 1 fully saturated rings. The number of sulfonamides is 1. The van der Waals surface area contributed by atoms with Crippen molar-refractivity contribution in [3.05, 3.63) is 35.9 Å². The molecule has 0 aromatic heterocycles. The van der Waals surface area contributed by atoms with E-state index in [-0.39, 0.29) is 5.75 Å². The smallest absolute Gasteiger partial charge is 0.214 e. The molecule has 6 heteroatoms. The van der Waals surface area contributed by atoms with Gasteiger partial charge in [-0.25, -0.2) is 12.7 Å². The van der Waals surface area contributed by atoms with Gasteiger partial charge in [-0.2, -0.15) is 0 Å². The third-order valence-corrected chi connectivity index (χ3v) is 6.47. The summed E-state index contributed by atoms with van der Waals surface area (Å²) in [7, 11) is -3.21. The molecule has 2 rings (SSSR count). The van der Waals surface area contributed by atoms with Crippen LogP contribution in [0.3, 0.4) is 0 Å². The van der Waals surface area contributed by atoms with Gasteiger partial charge in [0.1, 0.15) is 0 Å². The molecule has 1 aliphatic rings. The average molecular weight is 369 g/mol. The molecule has 1 N–H and O–H groups in total. The third kappa shape index (κ3) is 7.44. The molecular formula is C19H32N2O3S. The topological polar surface area (TPSA) is 58.6 Å². The summed E-state index contributed by atoms with van der Waals surface area (Å²) in [4.78, 5) is 0. The van der Waals surface area contributed by atoms with Gasteiger partial charge in [-0.05, 0) is 37.8 Å². The quantitative estimate of drug-likeness (QED) is 0.577. The van der Waals surface area contributed by atoms with E-state index < -0.39 is 10.0 Å². The Balaban J connectivity index is 1.75. The van der Waals surface area contributed by atoms with Crippen LogP contribution in [-0.4, -0.2) is 50.8 Å². The van der Waals surface area contributed by atoms with E-state index in [1.54, 1.807) is 4.31 Å². The van der Waals surface area contributed by atoms with Gasteiger partial charge in [0.25, 0.3) is 0 Å². The van der Waals surface area contributed by atoms with Gasteiger partial charge in [0.15, 0.2) is 0 Å². The molecule has 0 bridgehead atoms. The minimum absolute atomic E-state index is 0.165. The first-order valence-corrected chi connectivity index (χ1v) is 11.1. The molecule has 0 saturated carbocycles.